The van der Waals surface area contributed by atoms with Gasteiger partial charge in [0.05, 0.1) is 5.56 Å². The molecule has 3 nitrogen and oxygen atoms in total. The van der Waals surface area contributed by atoms with Gasteiger partial charge in [-0.15, -0.1) is 0 Å². The van der Waals surface area contributed by atoms with Crippen LogP contribution in [0.25, 0.3) is 10.8 Å². The molecule has 0 saturated carbocycles. The highest BCUT2D eigenvalue weighted by Gasteiger charge is 2.07. The summed E-state index contributed by atoms with van der Waals surface area (Å²) >= 11 is 11.6. The molecule has 0 saturated heterocycles. The van der Waals surface area contributed by atoms with Gasteiger partial charge in [0.15, 0.2) is 0 Å². The summed E-state index contributed by atoms with van der Waals surface area (Å²) in [4.78, 5) is 14.6. The fourth-order valence-corrected chi connectivity index (χ4v) is 1.83. The summed E-state index contributed by atoms with van der Waals surface area (Å²) in [5.41, 5.74) is 0.195. The zero-order chi connectivity index (χ0) is 11.0. The van der Waals surface area contributed by atoms with Crippen LogP contribution in [0.5, 0.6) is 0 Å². The molecule has 0 aliphatic carbocycles. The van der Waals surface area contributed by atoms with E-state index in [-0.39, 0.29) is 15.9 Å². The number of hydrogen-bond acceptors (Lipinski definition) is 2. The van der Waals surface area contributed by atoms with E-state index in [0.717, 1.165) is 0 Å². The van der Waals surface area contributed by atoms with Crippen molar-refractivity contribution < 1.29 is 9.90 Å². The number of rotatable bonds is 1. The molecule has 2 aromatic rings. The van der Waals surface area contributed by atoms with Crippen LogP contribution < -0.4 is 0 Å². The molecule has 0 spiro atoms. The van der Waals surface area contributed by atoms with E-state index in [2.05, 4.69) is 4.98 Å². The molecule has 0 aliphatic heterocycles. The quantitative estimate of drug-likeness (QED) is 0.781. The van der Waals surface area contributed by atoms with E-state index >= 15 is 0 Å². The fourth-order valence-electron chi connectivity index (χ4n) is 1.32. The molecule has 76 valence electrons. The molecule has 2 rings (SSSR count). The minimum atomic E-state index is -0.985. The molecule has 1 N–H and O–H groups in total. The molecule has 15 heavy (non-hydrogen) atoms. The second-order valence-corrected chi connectivity index (χ2v) is 3.72. The number of fused-ring (bicyclic) bond motifs is 1. The lowest BCUT2D eigenvalue weighted by Crippen LogP contribution is -1.95. The largest absolute Gasteiger partial charge is 0.478 e. The van der Waals surface area contributed by atoms with Crippen molar-refractivity contribution in [3.8, 4) is 0 Å². The van der Waals surface area contributed by atoms with Gasteiger partial charge in [-0.05, 0) is 23.6 Å². The number of pyridine rings is 1. The predicted octanol–water partition coefficient (Wildman–Crippen LogP) is 3.24. The standard InChI is InChI=1S/C10H5Cl2NO2/c11-8-4-6-3-5(10(14)15)1-2-7(6)9(12)13-8/h1-4H,(H,14,15). The Balaban J connectivity index is 2.76. The molecule has 0 radical (unpaired) electrons. The normalized spacial score (nSPS) is 10.5. The van der Waals surface area contributed by atoms with Gasteiger partial charge < -0.3 is 5.11 Å². The number of hydrogen-bond donors (Lipinski definition) is 1. The van der Waals surface area contributed by atoms with Gasteiger partial charge in [-0.3, -0.25) is 0 Å². The van der Waals surface area contributed by atoms with E-state index in [4.69, 9.17) is 28.3 Å². The van der Waals surface area contributed by atoms with Gasteiger partial charge in [0.2, 0.25) is 0 Å². The van der Waals surface area contributed by atoms with Crippen molar-refractivity contribution in [3.05, 3.63) is 40.1 Å². The van der Waals surface area contributed by atoms with Gasteiger partial charge in [0.25, 0.3) is 0 Å². The molecule has 1 heterocycles. The maximum atomic E-state index is 10.7. The van der Waals surface area contributed by atoms with Gasteiger partial charge in [-0.1, -0.05) is 29.3 Å². The van der Waals surface area contributed by atoms with Crippen molar-refractivity contribution in [1.82, 2.24) is 4.98 Å². The molecular formula is C10H5Cl2NO2. The van der Waals surface area contributed by atoms with Crippen LogP contribution in [0.3, 0.4) is 0 Å². The highest BCUT2D eigenvalue weighted by Crippen LogP contribution is 2.25. The number of aromatic carboxylic acids is 1. The Labute approximate surface area is 95.3 Å². The van der Waals surface area contributed by atoms with Crippen molar-refractivity contribution in [1.29, 1.82) is 0 Å². The van der Waals surface area contributed by atoms with Crippen molar-refractivity contribution in [2.75, 3.05) is 0 Å². The van der Waals surface area contributed by atoms with Crippen LogP contribution in [0.1, 0.15) is 10.4 Å². The third kappa shape index (κ3) is 1.89. The SMILES string of the molecule is O=C(O)c1ccc2c(Cl)nc(Cl)cc2c1. The van der Waals surface area contributed by atoms with E-state index in [1.54, 1.807) is 12.1 Å². The topological polar surface area (TPSA) is 50.2 Å². The molecule has 0 unspecified atom stereocenters. The zero-order valence-corrected chi connectivity index (χ0v) is 8.88. The fraction of sp³-hybridized carbons (Fsp3) is 0. The highest BCUT2D eigenvalue weighted by molar-refractivity contribution is 6.36. The highest BCUT2D eigenvalue weighted by atomic mass is 35.5. The summed E-state index contributed by atoms with van der Waals surface area (Å²) in [6, 6.07) is 6.18. The van der Waals surface area contributed by atoms with Crippen LogP contribution in [0.2, 0.25) is 10.3 Å². The Morgan fingerprint density at radius 2 is 2.00 bits per heavy atom. The number of nitrogens with zero attached hydrogens (tertiary/aromatic N) is 1. The first-order chi connectivity index (χ1) is 7.08. The molecular weight excluding hydrogens is 237 g/mol. The Hall–Kier alpha value is -1.32. The molecule has 0 atom stereocenters. The van der Waals surface area contributed by atoms with E-state index < -0.39 is 5.97 Å². The minimum absolute atomic E-state index is 0.195. The summed E-state index contributed by atoms with van der Waals surface area (Å²) < 4.78 is 0. The monoisotopic (exact) mass is 241 g/mol. The number of carboxylic acids is 1. The van der Waals surface area contributed by atoms with E-state index in [9.17, 15) is 4.79 Å². The van der Waals surface area contributed by atoms with Gasteiger partial charge in [-0.25, -0.2) is 9.78 Å². The molecule has 0 bridgehead atoms. The Bertz CT molecular complexity index is 554. The number of carbonyl (C=O) groups is 1. The number of halogens is 2. The predicted molar refractivity (Wildman–Crippen MR) is 58.7 cm³/mol. The third-order valence-corrected chi connectivity index (χ3v) is 2.48. The lowest BCUT2D eigenvalue weighted by Gasteiger charge is -2.02. The summed E-state index contributed by atoms with van der Waals surface area (Å²) in [6.45, 7) is 0. The van der Waals surface area contributed by atoms with Crippen LogP contribution in [-0.4, -0.2) is 16.1 Å². The van der Waals surface area contributed by atoms with Gasteiger partial charge in [-0.2, -0.15) is 0 Å². The summed E-state index contributed by atoms with van der Waals surface area (Å²) in [7, 11) is 0. The smallest absolute Gasteiger partial charge is 0.335 e. The van der Waals surface area contributed by atoms with E-state index in [1.165, 1.54) is 12.1 Å². The average Bonchev–Trinajstić information content (AvgIpc) is 2.16. The van der Waals surface area contributed by atoms with Gasteiger partial charge in [0, 0.05) is 5.39 Å². The lowest BCUT2D eigenvalue weighted by atomic mass is 10.1. The van der Waals surface area contributed by atoms with Crippen molar-refractivity contribution in [2.24, 2.45) is 0 Å². The number of aromatic nitrogens is 1. The molecule has 1 aromatic carbocycles. The van der Waals surface area contributed by atoms with Crippen LogP contribution in [-0.2, 0) is 0 Å². The van der Waals surface area contributed by atoms with Crippen molar-refractivity contribution in [2.45, 2.75) is 0 Å². The summed E-state index contributed by atoms with van der Waals surface area (Å²) in [5.74, 6) is -0.985. The van der Waals surface area contributed by atoms with Crippen LogP contribution in [0, 0.1) is 0 Å². The molecule has 5 heteroatoms. The Morgan fingerprint density at radius 1 is 1.27 bits per heavy atom. The van der Waals surface area contributed by atoms with E-state index in [0.29, 0.717) is 10.8 Å². The first-order valence-electron chi connectivity index (χ1n) is 4.07. The first-order valence-corrected chi connectivity index (χ1v) is 4.82. The molecule has 0 fully saturated rings. The van der Waals surface area contributed by atoms with Crippen molar-refractivity contribution in [3.63, 3.8) is 0 Å². The molecule has 0 amide bonds. The molecule has 1 aromatic heterocycles. The summed E-state index contributed by atoms with van der Waals surface area (Å²) in [5, 5.41) is 10.7. The van der Waals surface area contributed by atoms with Gasteiger partial charge in [0.1, 0.15) is 10.3 Å². The maximum absolute atomic E-state index is 10.7. The average molecular weight is 242 g/mol. The Kier molecular flexibility index (Phi) is 2.50. The maximum Gasteiger partial charge on any atom is 0.335 e. The van der Waals surface area contributed by atoms with E-state index in [1.807, 2.05) is 0 Å². The van der Waals surface area contributed by atoms with Gasteiger partial charge >= 0.3 is 5.97 Å². The minimum Gasteiger partial charge on any atom is -0.478 e. The number of carboxylic acid groups (broad SMARTS) is 1. The zero-order valence-electron chi connectivity index (χ0n) is 7.37. The molecule has 0 aliphatic rings. The van der Waals surface area contributed by atoms with Crippen LogP contribution in [0.4, 0.5) is 0 Å². The van der Waals surface area contributed by atoms with Crippen LogP contribution >= 0.6 is 23.2 Å². The third-order valence-electron chi connectivity index (χ3n) is 2.00. The van der Waals surface area contributed by atoms with Crippen molar-refractivity contribution >= 4 is 39.9 Å². The van der Waals surface area contributed by atoms with Crippen LogP contribution in [0.15, 0.2) is 24.3 Å². The second kappa shape index (κ2) is 3.68. The second-order valence-electron chi connectivity index (χ2n) is 2.98. The Morgan fingerprint density at radius 3 is 2.67 bits per heavy atom. The lowest BCUT2D eigenvalue weighted by molar-refractivity contribution is 0.0697. The number of benzene rings is 1. The summed E-state index contributed by atoms with van der Waals surface area (Å²) in [6.07, 6.45) is 0. The first kappa shape index (κ1) is 10.2.